The third-order valence-electron chi connectivity index (χ3n) is 4.42. The zero-order chi connectivity index (χ0) is 22.5. The number of thioether (sulfide) groups is 1. The molecule has 0 atom stereocenters. The van der Waals surface area contributed by atoms with Crippen LogP contribution in [0.2, 0.25) is 0 Å². The Morgan fingerprint density at radius 3 is 2.68 bits per heavy atom. The van der Waals surface area contributed by atoms with Crippen LogP contribution in [0.3, 0.4) is 0 Å². The molecule has 0 spiro atoms. The maximum absolute atomic E-state index is 12.5. The minimum atomic E-state index is -0.429. The quantitative estimate of drug-likeness (QED) is 0.326. The lowest BCUT2D eigenvalue weighted by Crippen LogP contribution is -2.16. The van der Waals surface area contributed by atoms with Gasteiger partial charge in [0.25, 0.3) is 0 Å². The Balaban J connectivity index is 1.68. The lowest BCUT2D eigenvalue weighted by atomic mass is 10.1. The summed E-state index contributed by atoms with van der Waals surface area (Å²) in [5, 5.41) is 14.8. The number of ether oxygens (including phenoxy) is 1. The molecule has 0 aliphatic rings. The molecule has 166 valence electrons. The summed E-state index contributed by atoms with van der Waals surface area (Å²) in [7, 11) is 0. The molecule has 0 saturated heterocycles. The number of hydrogen-bond donors (Lipinski definition) is 1. The van der Waals surface area contributed by atoms with E-state index < -0.39 is 5.97 Å². The molecule has 0 radical (unpaired) electrons. The van der Waals surface area contributed by atoms with Crippen molar-refractivity contribution in [1.82, 2.24) is 14.8 Å². The minimum absolute atomic E-state index is 0.165. The molecule has 0 bridgehead atoms. The van der Waals surface area contributed by atoms with Crippen LogP contribution in [0.1, 0.15) is 53.7 Å². The molecule has 0 unspecified atom stereocenters. The molecule has 7 nitrogen and oxygen atoms in total. The van der Waals surface area contributed by atoms with Crippen LogP contribution in [0.25, 0.3) is 11.4 Å². The number of aromatic nitrogens is 3. The van der Waals surface area contributed by atoms with Gasteiger partial charge in [0.15, 0.2) is 11.0 Å². The number of thiophene rings is 2. The summed E-state index contributed by atoms with van der Waals surface area (Å²) in [5.41, 5.74) is 1.44. The molecule has 0 aliphatic carbocycles. The summed E-state index contributed by atoms with van der Waals surface area (Å²) in [6, 6.07) is 3.89. The average Bonchev–Trinajstić information content (AvgIpc) is 3.44. The molecule has 0 aliphatic heterocycles. The zero-order valence-electron chi connectivity index (χ0n) is 18.2. The fraction of sp³-hybridized carbons (Fsp3) is 0.429. The van der Waals surface area contributed by atoms with Gasteiger partial charge in [0, 0.05) is 27.2 Å². The van der Waals surface area contributed by atoms with Crippen molar-refractivity contribution in [2.24, 2.45) is 0 Å². The van der Waals surface area contributed by atoms with Crippen molar-refractivity contribution < 1.29 is 14.3 Å². The molecule has 3 rings (SSSR count). The molecule has 3 heterocycles. The van der Waals surface area contributed by atoms with Gasteiger partial charge >= 0.3 is 5.97 Å². The molecule has 0 aromatic carbocycles. The van der Waals surface area contributed by atoms with Crippen LogP contribution < -0.4 is 5.32 Å². The molecule has 10 heteroatoms. The van der Waals surface area contributed by atoms with Crippen LogP contribution in [0.15, 0.2) is 22.7 Å². The van der Waals surface area contributed by atoms with Gasteiger partial charge in [-0.25, -0.2) is 4.79 Å². The number of anilines is 1. The largest absolute Gasteiger partial charge is 0.462 e. The van der Waals surface area contributed by atoms with E-state index in [1.165, 1.54) is 28.0 Å². The van der Waals surface area contributed by atoms with Gasteiger partial charge in [-0.1, -0.05) is 25.6 Å². The Morgan fingerprint density at radius 1 is 1.26 bits per heavy atom. The van der Waals surface area contributed by atoms with E-state index in [0.29, 0.717) is 28.2 Å². The number of nitrogens with zero attached hydrogens (tertiary/aromatic N) is 3. The lowest BCUT2D eigenvalue weighted by molar-refractivity contribution is -0.113. The van der Waals surface area contributed by atoms with E-state index in [9.17, 15) is 9.59 Å². The fourth-order valence-corrected chi connectivity index (χ4v) is 5.55. The number of nitrogens with one attached hydrogen (secondary N) is 1. The summed E-state index contributed by atoms with van der Waals surface area (Å²) in [6.07, 6.45) is 0. The zero-order valence-corrected chi connectivity index (χ0v) is 20.7. The van der Waals surface area contributed by atoms with E-state index in [4.69, 9.17) is 4.74 Å². The smallest absolute Gasteiger partial charge is 0.341 e. The molecular weight excluding hydrogens is 452 g/mol. The van der Waals surface area contributed by atoms with Gasteiger partial charge in [-0.2, -0.15) is 0 Å². The molecule has 31 heavy (non-hydrogen) atoms. The third-order valence-corrected chi connectivity index (χ3v) is 7.58. The maximum Gasteiger partial charge on any atom is 0.341 e. The van der Waals surface area contributed by atoms with Crippen molar-refractivity contribution in [2.45, 2.75) is 52.2 Å². The standard InChI is InChI=1S/C21H26N4O3S3/c1-6-25-18(14-9-16(12(3)4)29-10-14)23-24-21(25)30-11-17(26)22-19-15(8-13(5)31-19)20(27)28-7-2/h8-10,12H,6-7,11H2,1-5H3,(H,22,26). The van der Waals surface area contributed by atoms with Crippen LogP contribution >= 0.6 is 34.4 Å². The molecule has 1 amide bonds. The first-order valence-corrected chi connectivity index (χ1v) is 12.7. The van der Waals surface area contributed by atoms with E-state index in [0.717, 1.165) is 16.3 Å². The third kappa shape index (κ3) is 5.55. The van der Waals surface area contributed by atoms with E-state index in [2.05, 4.69) is 40.8 Å². The van der Waals surface area contributed by atoms with Crippen LogP contribution in [-0.2, 0) is 16.1 Å². The maximum atomic E-state index is 12.5. The number of hydrogen-bond acceptors (Lipinski definition) is 8. The number of amides is 1. The van der Waals surface area contributed by atoms with Crippen molar-refractivity contribution >= 4 is 51.3 Å². The molecule has 0 saturated carbocycles. The number of aryl methyl sites for hydroxylation is 1. The Kier molecular flexibility index (Phi) is 7.90. The summed E-state index contributed by atoms with van der Waals surface area (Å²) in [4.78, 5) is 26.9. The Hall–Kier alpha value is -2.17. The summed E-state index contributed by atoms with van der Waals surface area (Å²) in [6.45, 7) is 11.0. The second kappa shape index (κ2) is 10.4. The van der Waals surface area contributed by atoms with Crippen LogP contribution in [0.4, 0.5) is 5.00 Å². The van der Waals surface area contributed by atoms with E-state index in [1.54, 1.807) is 24.3 Å². The van der Waals surface area contributed by atoms with E-state index in [-0.39, 0.29) is 18.3 Å². The van der Waals surface area contributed by atoms with Gasteiger partial charge in [0.05, 0.1) is 17.9 Å². The van der Waals surface area contributed by atoms with Crippen molar-refractivity contribution in [1.29, 1.82) is 0 Å². The highest BCUT2D eigenvalue weighted by Gasteiger charge is 2.20. The molecule has 1 N–H and O–H groups in total. The van der Waals surface area contributed by atoms with Gasteiger partial charge < -0.3 is 14.6 Å². The summed E-state index contributed by atoms with van der Waals surface area (Å²) < 4.78 is 7.09. The van der Waals surface area contributed by atoms with Crippen LogP contribution in [0.5, 0.6) is 0 Å². The number of carbonyl (C=O) groups is 2. The first-order chi connectivity index (χ1) is 14.8. The van der Waals surface area contributed by atoms with E-state index >= 15 is 0 Å². The van der Waals surface area contributed by atoms with Gasteiger partial charge in [-0.3, -0.25) is 4.79 Å². The van der Waals surface area contributed by atoms with Crippen LogP contribution in [-0.4, -0.2) is 39.0 Å². The Labute approximate surface area is 194 Å². The second-order valence-corrected chi connectivity index (χ2v) is 10.2. The molecule has 3 aromatic heterocycles. The number of rotatable bonds is 9. The van der Waals surface area contributed by atoms with Crippen molar-refractivity contribution in [2.75, 3.05) is 17.7 Å². The average molecular weight is 479 g/mol. The molecule has 0 fully saturated rings. The molecule has 3 aromatic rings. The van der Waals surface area contributed by atoms with Crippen molar-refractivity contribution in [3.8, 4) is 11.4 Å². The fourth-order valence-electron chi connectivity index (χ4n) is 2.93. The van der Waals surface area contributed by atoms with Gasteiger partial charge in [-0.15, -0.1) is 32.9 Å². The monoisotopic (exact) mass is 478 g/mol. The minimum Gasteiger partial charge on any atom is -0.462 e. The van der Waals surface area contributed by atoms with Gasteiger partial charge in [0.2, 0.25) is 5.91 Å². The topological polar surface area (TPSA) is 86.1 Å². The highest BCUT2D eigenvalue weighted by atomic mass is 32.2. The Bertz CT molecular complexity index is 1070. The van der Waals surface area contributed by atoms with Crippen LogP contribution in [0, 0.1) is 6.92 Å². The predicted octanol–water partition coefficient (Wildman–Crippen LogP) is 5.43. The normalized spacial score (nSPS) is 11.2. The number of carbonyl (C=O) groups excluding carboxylic acids is 2. The first kappa shape index (κ1) is 23.5. The SMILES string of the molecule is CCOC(=O)c1cc(C)sc1NC(=O)CSc1nnc(-c2csc(C(C)C)c2)n1CC. The van der Waals surface area contributed by atoms with Gasteiger partial charge in [-0.05, 0) is 38.8 Å². The highest BCUT2D eigenvalue weighted by Crippen LogP contribution is 2.32. The molecular formula is C21H26N4O3S3. The Morgan fingerprint density at radius 2 is 2.03 bits per heavy atom. The van der Waals surface area contributed by atoms with E-state index in [1.807, 2.05) is 18.4 Å². The first-order valence-electron chi connectivity index (χ1n) is 10.1. The van der Waals surface area contributed by atoms with Gasteiger partial charge in [0.1, 0.15) is 5.00 Å². The number of esters is 1. The van der Waals surface area contributed by atoms with Crippen molar-refractivity contribution in [3.05, 3.63) is 32.8 Å². The summed E-state index contributed by atoms with van der Waals surface area (Å²) in [5.74, 6) is 0.809. The van der Waals surface area contributed by atoms with Crippen molar-refractivity contribution in [3.63, 3.8) is 0 Å². The predicted molar refractivity (Wildman–Crippen MR) is 127 cm³/mol. The second-order valence-electron chi connectivity index (χ2n) is 7.10. The summed E-state index contributed by atoms with van der Waals surface area (Å²) >= 11 is 4.41. The highest BCUT2D eigenvalue weighted by molar-refractivity contribution is 7.99. The lowest BCUT2D eigenvalue weighted by Gasteiger charge is -2.07.